The summed E-state index contributed by atoms with van der Waals surface area (Å²) in [6.45, 7) is 0. The molecule has 1 heterocycles. The van der Waals surface area contributed by atoms with Gasteiger partial charge in [0, 0.05) is 24.4 Å². The predicted molar refractivity (Wildman–Crippen MR) is 91.5 cm³/mol. The van der Waals surface area contributed by atoms with E-state index in [1.165, 1.54) is 0 Å². The minimum atomic E-state index is -0.792. The number of methoxy groups -OCH3 is 1. The Bertz CT molecular complexity index is 765. The lowest BCUT2D eigenvalue weighted by Gasteiger charge is -2.32. The number of hydrogen-bond acceptors (Lipinski definition) is 6. The van der Waals surface area contributed by atoms with Crippen LogP contribution in [0.5, 0.6) is 5.75 Å². The topological polar surface area (TPSA) is 115 Å². The smallest absolute Gasteiger partial charge is 0.306 e. The van der Waals surface area contributed by atoms with Crippen LogP contribution in [0.3, 0.4) is 0 Å². The largest absolute Gasteiger partial charge is 0.497 e. The van der Waals surface area contributed by atoms with E-state index >= 15 is 0 Å². The van der Waals surface area contributed by atoms with E-state index in [9.17, 15) is 9.59 Å². The van der Waals surface area contributed by atoms with E-state index in [1.54, 1.807) is 7.11 Å². The molecule has 0 bridgehead atoms. The van der Waals surface area contributed by atoms with Crippen LogP contribution in [0.25, 0.3) is 11.4 Å². The summed E-state index contributed by atoms with van der Waals surface area (Å²) in [5, 5.41) is 15.6. The van der Waals surface area contributed by atoms with E-state index in [1.807, 2.05) is 24.3 Å². The van der Waals surface area contributed by atoms with Crippen LogP contribution in [0.4, 0.5) is 0 Å². The van der Waals surface area contributed by atoms with Gasteiger partial charge >= 0.3 is 5.97 Å². The fourth-order valence-electron chi connectivity index (χ4n) is 2.85. The first-order chi connectivity index (χ1) is 12.5. The Labute approximate surface area is 150 Å². The second-order valence-corrected chi connectivity index (χ2v) is 6.36. The van der Waals surface area contributed by atoms with Crippen LogP contribution in [-0.4, -0.2) is 40.3 Å². The Morgan fingerprint density at radius 3 is 2.69 bits per heavy atom. The van der Waals surface area contributed by atoms with Gasteiger partial charge in [-0.2, -0.15) is 4.98 Å². The van der Waals surface area contributed by atoms with Gasteiger partial charge in [-0.3, -0.25) is 9.59 Å². The maximum absolute atomic E-state index is 11.9. The van der Waals surface area contributed by atoms with Gasteiger partial charge in [-0.05, 0) is 43.5 Å². The highest BCUT2D eigenvalue weighted by Gasteiger charge is 2.35. The summed E-state index contributed by atoms with van der Waals surface area (Å²) < 4.78 is 10.3. The van der Waals surface area contributed by atoms with Gasteiger partial charge < -0.3 is 19.7 Å². The van der Waals surface area contributed by atoms with Crippen molar-refractivity contribution in [2.24, 2.45) is 5.92 Å². The second kappa shape index (κ2) is 7.99. The predicted octanol–water partition coefficient (Wildman–Crippen LogP) is 2.05. The van der Waals surface area contributed by atoms with E-state index in [-0.39, 0.29) is 17.9 Å². The lowest BCUT2D eigenvalue weighted by Crippen LogP contribution is -2.46. The van der Waals surface area contributed by atoms with E-state index in [4.69, 9.17) is 14.4 Å². The monoisotopic (exact) mass is 359 g/mol. The van der Waals surface area contributed by atoms with E-state index in [2.05, 4.69) is 15.5 Å². The van der Waals surface area contributed by atoms with Crippen LogP contribution >= 0.6 is 0 Å². The molecule has 1 aromatic carbocycles. The van der Waals surface area contributed by atoms with Crippen LogP contribution in [0.15, 0.2) is 28.8 Å². The summed E-state index contributed by atoms with van der Waals surface area (Å²) in [5.74, 6) is 0.549. The fraction of sp³-hybridized carbons (Fsp3) is 0.444. The highest BCUT2D eigenvalue weighted by molar-refractivity contribution is 5.77. The van der Waals surface area contributed by atoms with Crippen LogP contribution in [-0.2, 0) is 16.0 Å². The first-order valence-corrected chi connectivity index (χ1v) is 8.54. The van der Waals surface area contributed by atoms with Gasteiger partial charge in [-0.25, -0.2) is 0 Å². The zero-order valence-corrected chi connectivity index (χ0v) is 14.5. The molecule has 3 rings (SSSR count). The number of nitrogens with zero attached hydrogens (tertiary/aromatic N) is 2. The van der Waals surface area contributed by atoms with Crippen molar-refractivity contribution in [1.82, 2.24) is 15.5 Å². The molecule has 2 N–H and O–H groups in total. The van der Waals surface area contributed by atoms with Gasteiger partial charge in [0.25, 0.3) is 0 Å². The summed E-state index contributed by atoms with van der Waals surface area (Å²) in [7, 11) is 1.60. The lowest BCUT2D eigenvalue weighted by atomic mass is 9.80. The number of carbonyl (C=O) groups is 2. The minimum Gasteiger partial charge on any atom is -0.497 e. The fourth-order valence-corrected chi connectivity index (χ4v) is 2.85. The second-order valence-electron chi connectivity index (χ2n) is 6.36. The first kappa shape index (κ1) is 17.9. The number of hydrogen-bond donors (Lipinski definition) is 2. The number of carboxylic acids is 1. The van der Waals surface area contributed by atoms with Gasteiger partial charge in [-0.15, -0.1) is 0 Å². The summed E-state index contributed by atoms with van der Waals surface area (Å²) in [5.41, 5.74) is 0.830. The molecule has 1 amide bonds. The van der Waals surface area contributed by atoms with Gasteiger partial charge in [0.15, 0.2) is 0 Å². The zero-order valence-electron chi connectivity index (χ0n) is 14.5. The van der Waals surface area contributed by atoms with E-state index < -0.39 is 5.97 Å². The molecule has 26 heavy (non-hydrogen) atoms. The summed E-state index contributed by atoms with van der Waals surface area (Å²) in [4.78, 5) is 26.9. The quantitative estimate of drug-likeness (QED) is 0.741. The van der Waals surface area contributed by atoms with E-state index in [0.717, 1.165) is 11.3 Å². The highest BCUT2D eigenvalue weighted by Crippen LogP contribution is 2.27. The molecule has 0 atom stereocenters. The molecule has 1 saturated carbocycles. The van der Waals surface area contributed by atoms with E-state index in [0.29, 0.717) is 43.8 Å². The Morgan fingerprint density at radius 1 is 1.31 bits per heavy atom. The average Bonchev–Trinajstić information content (AvgIpc) is 3.06. The Balaban J connectivity index is 1.40. The molecular formula is C18H21N3O5. The number of aliphatic carboxylic acids is 1. The maximum Gasteiger partial charge on any atom is 0.306 e. The number of benzene rings is 1. The molecule has 1 fully saturated rings. The van der Waals surface area contributed by atoms with Crippen molar-refractivity contribution in [2.75, 3.05) is 7.11 Å². The average molecular weight is 359 g/mol. The van der Waals surface area contributed by atoms with Crippen molar-refractivity contribution >= 4 is 11.9 Å². The molecule has 1 aliphatic rings. The number of aryl methyl sites for hydroxylation is 1. The molecule has 1 aromatic heterocycles. The van der Waals surface area contributed by atoms with Crippen LogP contribution in [0.2, 0.25) is 0 Å². The first-order valence-electron chi connectivity index (χ1n) is 8.54. The molecule has 0 radical (unpaired) electrons. The molecule has 138 valence electrons. The number of carboxylic acid groups (broad SMARTS) is 1. The summed E-state index contributed by atoms with van der Waals surface area (Å²) in [6, 6.07) is 7.33. The number of amides is 1. The third-order valence-electron chi connectivity index (χ3n) is 4.46. The van der Waals surface area contributed by atoms with Crippen LogP contribution in [0.1, 0.15) is 31.6 Å². The van der Waals surface area contributed by atoms with Gasteiger partial charge in [-0.1, -0.05) is 5.16 Å². The molecule has 0 spiro atoms. The zero-order chi connectivity index (χ0) is 18.5. The minimum absolute atomic E-state index is 0.0197. The normalized spacial score (nSPS) is 18.8. The molecule has 0 aliphatic heterocycles. The SMILES string of the molecule is COc1ccc(-c2noc(CCCC(=O)NC3CC(C(=O)O)C3)n2)cc1. The number of rotatable bonds is 8. The highest BCUT2D eigenvalue weighted by atomic mass is 16.5. The molecule has 2 aromatic rings. The molecule has 8 nitrogen and oxygen atoms in total. The Hall–Kier alpha value is -2.90. The maximum atomic E-state index is 11.9. The molecule has 0 unspecified atom stereocenters. The van der Waals surface area contributed by atoms with Crippen molar-refractivity contribution in [2.45, 2.75) is 38.1 Å². The Morgan fingerprint density at radius 2 is 2.04 bits per heavy atom. The third-order valence-corrected chi connectivity index (χ3v) is 4.46. The lowest BCUT2D eigenvalue weighted by molar-refractivity contribution is -0.146. The van der Waals surface area contributed by atoms with Crippen molar-refractivity contribution in [3.05, 3.63) is 30.2 Å². The van der Waals surface area contributed by atoms with Gasteiger partial charge in [0.05, 0.1) is 13.0 Å². The molecule has 8 heteroatoms. The van der Waals surface area contributed by atoms with Gasteiger partial charge in [0.2, 0.25) is 17.6 Å². The summed E-state index contributed by atoms with van der Waals surface area (Å²) >= 11 is 0. The number of nitrogens with one attached hydrogen (secondary N) is 1. The van der Waals surface area contributed by atoms with Crippen LogP contribution in [0, 0.1) is 5.92 Å². The molecular weight excluding hydrogens is 338 g/mol. The summed E-state index contributed by atoms with van der Waals surface area (Å²) in [6.07, 6.45) is 2.46. The van der Waals surface area contributed by atoms with Gasteiger partial charge in [0.1, 0.15) is 5.75 Å². The number of aromatic nitrogens is 2. The third kappa shape index (κ3) is 4.38. The number of ether oxygens (including phenoxy) is 1. The van der Waals surface area contributed by atoms with Crippen molar-refractivity contribution in [3.63, 3.8) is 0 Å². The van der Waals surface area contributed by atoms with Crippen molar-refractivity contribution in [1.29, 1.82) is 0 Å². The Kier molecular flexibility index (Phi) is 5.50. The standard InChI is InChI=1S/C18H21N3O5/c1-25-14-7-5-11(6-8-14)17-20-16(26-21-17)4-2-3-15(22)19-13-9-12(10-13)18(23)24/h5-8,12-13H,2-4,9-10H2,1H3,(H,19,22)(H,23,24). The van der Waals surface area contributed by atoms with Crippen LogP contribution < -0.4 is 10.1 Å². The molecule has 1 aliphatic carbocycles. The van der Waals surface area contributed by atoms with Crippen molar-refractivity contribution < 1.29 is 24.0 Å². The van der Waals surface area contributed by atoms with Crippen molar-refractivity contribution in [3.8, 4) is 17.1 Å². The molecule has 0 saturated heterocycles. The number of carbonyl (C=O) groups excluding carboxylic acids is 1.